The number of nitrogens with one attached hydrogen (secondary N) is 2. The Morgan fingerprint density at radius 2 is 1.88 bits per heavy atom. The standard InChI is InChI=1S/C19H25ClN2O2/c20-17(14-15-6-2-1-3-7-15)18(22-10-12-24-13-11-22)19(23)21-16-8-4-5-9-16/h1-3,6-7,14,16,18H,4-5,8-13H2,(H,21,23)/p+1/b17-14-/t18-/m0/s1. The molecule has 1 aliphatic heterocycles. The lowest BCUT2D eigenvalue weighted by Crippen LogP contribution is -3.19. The maximum Gasteiger partial charge on any atom is 0.284 e. The molecule has 0 aromatic heterocycles. The molecule has 0 unspecified atom stereocenters. The van der Waals surface area contributed by atoms with Gasteiger partial charge in [-0.1, -0.05) is 54.8 Å². The van der Waals surface area contributed by atoms with Gasteiger partial charge in [-0.2, -0.15) is 0 Å². The number of hydrogen-bond donors (Lipinski definition) is 2. The van der Waals surface area contributed by atoms with E-state index in [2.05, 4.69) is 5.32 Å². The van der Waals surface area contributed by atoms with Gasteiger partial charge in [-0.05, 0) is 24.5 Å². The molecule has 130 valence electrons. The van der Waals surface area contributed by atoms with Crippen molar-refractivity contribution in [1.82, 2.24) is 5.32 Å². The van der Waals surface area contributed by atoms with Crippen molar-refractivity contribution < 1.29 is 14.4 Å². The molecule has 1 saturated heterocycles. The third kappa shape index (κ3) is 4.59. The Kier molecular flexibility index (Phi) is 6.30. The van der Waals surface area contributed by atoms with E-state index >= 15 is 0 Å². The summed E-state index contributed by atoms with van der Waals surface area (Å²) in [6, 6.07) is 9.89. The SMILES string of the molecule is O=C(NC1CCCC1)[C@H](/C(Cl)=C/c1ccccc1)[NH+]1CCOCC1. The third-order valence-electron chi connectivity index (χ3n) is 4.89. The van der Waals surface area contributed by atoms with E-state index in [0.717, 1.165) is 31.5 Å². The molecule has 24 heavy (non-hydrogen) atoms. The van der Waals surface area contributed by atoms with Gasteiger partial charge < -0.3 is 15.0 Å². The molecule has 1 saturated carbocycles. The van der Waals surface area contributed by atoms with Crippen LogP contribution in [0, 0.1) is 0 Å². The van der Waals surface area contributed by atoms with Crippen LogP contribution >= 0.6 is 11.6 Å². The largest absolute Gasteiger partial charge is 0.370 e. The van der Waals surface area contributed by atoms with Crippen molar-refractivity contribution in [1.29, 1.82) is 0 Å². The highest BCUT2D eigenvalue weighted by molar-refractivity contribution is 6.33. The zero-order valence-electron chi connectivity index (χ0n) is 14.0. The number of rotatable bonds is 5. The number of carbonyl (C=O) groups excluding carboxylic acids is 1. The van der Waals surface area contributed by atoms with E-state index in [1.165, 1.54) is 17.7 Å². The molecule has 0 spiro atoms. The van der Waals surface area contributed by atoms with Crippen LogP contribution in [-0.2, 0) is 9.53 Å². The summed E-state index contributed by atoms with van der Waals surface area (Å²) in [5.74, 6) is 0.0518. The van der Waals surface area contributed by atoms with Gasteiger partial charge in [0.05, 0.1) is 18.2 Å². The zero-order valence-corrected chi connectivity index (χ0v) is 14.7. The monoisotopic (exact) mass is 349 g/mol. The number of hydrogen-bond acceptors (Lipinski definition) is 2. The van der Waals surface area contributed by atoms with Crippen LogP contribution in [0.2, 0.25) is 0 Å². The zero-order chi connectivity index (χ0) is 16.8. The van der Waals surface area contributed by atoms with Crippen molar-refractivity contribution in [2.75, 3.05) is 26.3 Å². The van der Waals surface area contributed by atoms with Crippen LogP contribution < -0.4 is 10.2 Å². The topological polar surface area (TPSA) is 42.8 Å². The predicted octanol–water partition coefficient (Wildman–Crippen LogP) is 1.61. The second kappa shape index (κ2) is 8.65. The van der Waals surface area contributed by atoms with Gasteiger partial charge in [0.2, 0.25) is 6.04 Å². The van der Waals surface area contributed by atoms with Crippen molar-refractivity contribution in [3.05, 3.63) is 40.9 Å². The van der Waals surface area contributed by atoms with Crippen LogP contribution in [0.1, 0.15) is 31.2 Å². The molecule has 5 heteroatoms. The molecule has 4 nitrogen and oxygen atoms in total. The highest BCUT2D eigenvalue weighted by atomic mass is 35.5. The molecule has 0 bridgehead atoms. The van der Waals surface area contributed by atoms with E-state index in [4.69, 9.17) is 16.3 Å². The van der Waals surface area contributed by atoms with Crippen LogP contribution in [-0.4, -0.2) is 44.3 Å². The molecule has 0 radical (unpaired) electrons. The summed E-state index contributed by atoms with van der Waals surface area (Å²) in [7, 11) is 0. The number of ether oxygens (including phenoxy) is 1. The number of halogens is 1. The molecule has 2 fully saturated rings. The quantitative estimate of drug-likeness (QED) is 0.848. The van der Waals surface area contributed by atoms with E-state index in [9.17, 15) is 4.79 Å². The van der Waals surface area contributed by atoms with E-state index in [1.807, 2.05) is 36.4 Å². The fraction of sp³-hybridized carbons (Fsp3) is 0.526. The Bertz CT molecular complexity index is 564. The highest BCUT2D eigenvalue weighted by Crippen LogP contribution is 2.19. The lowest BCUT2D eigenvalue weighted by atomic mass is 10.1. The van der Waals surface area contributed by atoms with Crippen molar-refractivity contribution in [2.24, 2.45) is 0 Å². The Morgan fingerprint density at radius 3 is 2.54 bits per heavy atom. The van der Waals surface area contributed by atoms with E-state index in [1.54, 1.807) is 0 Å². The molecule has 3 rings (SSSR count). The summed E-state index contributed by atoms with van der Waals surface area (Å²) in [6.45, 7) is 2.97. The van der Waals surface area contributed by atoms with Gasteiger partial charge >= 0.3 is 0 Å². The van der Waals surface area contributed by atoms with Crippen LogP contribution in [0.3, 0.4) is 0 Å². The van der Waals surface area contributed by atoms with Crippen LogP contribution in [0.25, 0.3) is 6.08 Å². The first-order valence-electron chi connectivity index (χ1n) is 8.89. The molecule has 1 atom stereocenters. The first-order chi connectivity index (χ1) is 11.7. The summed E-state index contributed by atoms with van der Waals surface area (Å²) in [4.78, 5) is 14.1. The second-order valence-electron chi connectivity index (χ2n) is 6.63. The van der Waals surface area contributed by atoms with E-state index in [0.29, 0.717) is 24.3 Å². The normalized spacial score (nSPS) is 21.6. The lowest BCUT2D eigenvalue weighted by Gasteiger charge is -2.31. The number of carbonyl (C=O) groups is 1. The minimum Gasteiger partial charge on any atom is -0.370 e. The summed E-state index contributed by atoms with van der Waals surface area (Å²) < 4.78 is 5.45. The van der Waals surface area contributed by atoms with Crippen LogP contribution in [0.15, 0.2) is 35.4 Å². The van der Waals surface area contributed by atoms with Gasteiger partial charge in [0, 0.05) is 6.04 Å². The first-order valence-corrected chi connectivity index (χ1v) is 9.26. The Morgan fingerprint density at radius 1 is 1.21 bits per heavy atom. The van der Waals surface area contributed by atoms with Gasteiger partial charge in [0.1, 0.15) is 13.1 Å². The lowest BCUT2D eigenvalue weighted by molar-refractivity contribution is -0.917. The summed E-state index contributed by atoms with van der Waals surface area (Å²) in [5, 5.41) is 3.82. The van der Waals surface area contributed by atoms with Gasteiger partial charge in [-0.25, -0.2) is 0 Å². The van der Waals surface area contributed by atoms with Crippen LogP contribution in [0.4, 0.5) is 0 Å². The minimum atomic E-state index is -0.351. The molecule has 1 aromatic rings. The number of amides is 1. The van der Waals surface area contributed by atoms with Crippen molar-refractivity contribution in [2.45, 2.75) is 37.8 Å². The molecule has 1 heterocycles. The molecule has 1 aromatic carbocycles. The molecule has 2 aliphatic rings. The van der Waals surface area contributed by atoms with E-state index < -0.39 is 0 Å². The molecule has 2 N–H and O–H groups in total. The number of morpholine rings is 1. The molecular weight excluding hydrogens is 324 g/mol. The van der Waals surface area contributed by atoms with Crippen molar-refractivity contribution >= 4 is 23.6 Å². The molecule has 1 aliphatic carbocycles. The van der Waals surface area contributed by atoms with Crippen molar-refractivity contribution in [3.63, 3.8) is 0 Å². The average Bonchev–Trinajstić information content (AvgIpc) is 3.10. The van der Waals surface area contributed by atoms with Crippen molar-refractivity contribution in [3.8, 4) is 0 Å². The molecule has 1 amide bonds. The summed E-state index contributed by atoms with van der Waals surface area (Å²) >= 11 is 6.63. The smallest absolute Gasteiger partial charge is 0.284 e. The predicted molar refractivity (Wildman–Crippen MR) is 96.0 cm³/mol. The average molecular weight is 350 g/mol. The Balaban J connectivity index is 1.77. The molecular formula is C19H26ClN2O2+. The highest BCUT2D eigenvalue weighted by Gasteiger charge is 2.35. The van der Waals surface area contributed by atoms with Crippen LogP contribution in [0.5, 0.6) is 0 Å². The van der Waals surface area contributed by atoms with E-state index in [-0.39, 0.29) is 11.9 Å². The minimum absolute atomic E-state index is 0.0518. The van der Waals surface area contributed by atoms with Gasteiger partial charge in [0.15, 0.2) is 0 Å². The third-order valence-corrected chi connectivity index (χ3v) is 5.21. The van der Waals surface area contributed by atoms with Gasteiger partial charge in [-0.3, -0.25) is 4.79 Å². The van der Waals surface area contributed by atoms with Gasteiger partial charge in [-0.15, -0.1) is 0 Å². The summed E-state index contributed by atoms with van der Waals surface area (Å²) in [5.41, 5.74) is 1.02. The maximum absolute atomic E-state index is 12.9. The summed E-state index contributed by atoms with van der Waals surface area (Å²) in [6.07, 6.45) is 6.48. The Labute approximate surface area is 148 Å². The second-order valence-corrected chi connectivity index (χ2v) is 7.07. The number of quaternary nitrogens is 1. The maximum atomic E-state index is 12.9. The fourth-order valence-electron chi connectivity index (χ4n) is 3.57. The fourth-order valence-corrected chi connectivity index (χ4v) is 3.95. The Hall–Kier alpha value is -1.36. The van der Waals surface area contributed by atoms with Gasteiger partial charge in [0.25, 0.3) is 5.91 Å². The number of benzene rings is 1. The first kappa shape index (κ1) is 17.5.